The van der Waals surface area contributed by atoms with E-state index in [1.165, 1.54) is 10.5 Å². The Hall–Kier alpha value is -1.88. The van der Waals surface area contributed by atoms with Crippen molar-refractivity contribution in [2.24, 2.45) is 0 Å². The average molecular weight is 293 g/mol. The fraction of sp³-hybridized carbons (Fsp3) is 0.500. The molecule has 5 heteroatoms. The van der Waals surface area contributed by atoms with Gasteiger partial charge in [-0.05, 0) is 25.3 Å². The van der Waals surface area contributed by atoms with Gasteiger partial charge in [-0.1, -0.05) is 30.3 Å². The van der Waals surface area contributed by atoms with Gasteiger partial charge < -0.3 is 14.7 Å². The van der Waals surface area contributed by atoms with Gasteiger partial charge in [0.15, 0.2) is 0 Å². The number of ether oxygens (including phenoxy) is 1. The fourth-order valence-electron chi connectivity index (χ4n) is 1.96. The lowest BCUT2D eigenvalue weighted by atomic mass is 10.2. The Labute approximate surface area is 125 Å². The van der Waals surface area contributed by atoms with E-state index in [1.807, 2.05) is 18.2 Å². The molecule has 1 N–H and O–H groups in total. The van der Waals surface area contributed by atoms with Crippen LogP contribution in [0.1, 0.15) is 25.3 Å². The molecule has 0 radical (unpaired) electrons. The van der Waals surface area contributed by atoms with Crippen LogP contribution in [-0.4, -0.2) is 48.2 Å². The maximum Gasteiger partial charge on any atom is 0.323 e. The molecule has 0 unspecified atom stereocenters. The number of carboxylic acid groups (broad SMARTS) is 1. The highest BCUT2D eigenvalue weighted by molar-refractivity contribution is 5.81. The Morgan fingerprint density at radius 1 is 1.19 bits per heavy atom. The standard InChI is InChI=1S/C16H23NO4/c1-2-17(13-16(19)20)15(18)9-6-11-21-12-10-14-7-4-3-5-8-14/h3-5,7-8H,2,6,9-13H2,1H3,(H,19,20). The summed E-state index contributed by atoms with van der Waals surface area (Å²) < 4.78 is 5.50. The van der Waals surface area contributed by atoms with E-state index in [9.17, 15) is 9.59 Å². The number of carboxylic acids is 1. The topological polar surface area (TPSA) is 66.8 Å². The lowest BCUT2D eigenvalue weighted by molar-refractivity contribution is -0.144. The predicted octanol–water partition coefficient (Wildman–Crippen LogP) is 1.96. The van der Waals surface area contributed by atoms with Gasteiger partial charge in [0.2, 0.25) is 5.91 Å². The number of carbonyl (C=O) groups is 2. The van der Waals surface area contributed by atoms with Gasteiger partial charge in [0, 0.05) is 19.6 Å². The summed E-state index contributed by atoms with van der Waals surface area (Å²) in [5.74, 6) is -1.11. The van der Waals surface area contributed by atoms with Crippen molar-refractivity contribution in [3.8, 4) is 0 Å². The van der Waals surface area contributed by atoms with Crippen LogP contribution in [0.25, 0.3) is 0 Å². The molecule has 0 spiro atoms. The zero-order valence-corrected chi connectivity index (χ0v) is 12.5. The molecule has 0 aliphatic heterocycles. The SMILES string of the molecule is CCN(CC(=O)O)C(=O)CCCOCCc1ccccc1. The normalized spacial score (nSPS) is 10.3. The summed E-state index contributed by atoms with van der Waals surface area (Å²) in [6, 6.07) is 10.1. The van der Waals surface area contributed by atoms with Crippen LogP contribution >= 0.6 is 0 Å². The number of carbonyl (C=O) groups excluding carboxylic acids is 1. The van der Waals surface area contributed by atoms with Crippen LogP contribution in [-0.2, 0) is 20.7 Å². The van der Waals surface area contributed by atoms with Crippen LogP contribution in [0, 0.1) is 0 Å². The summed E-state index contributed by atoms with van der Waals surface area (Å²) in [5.41, 5.74) is 1.23. The van der Waals surface area contributed by atoms with Crippen LogP contribution < -0.4 is 0 Å². The molecule has 0 aliphatic rings. The molecule has 21 heavy (non-hydrogen) atoms. The molecule has 0 saturated heterocycles. The molecule has 0 heterocycles. The van der Waals surface area contributed by atoms with E-state index in [4.69, 9.17) is 9.84 Å². The van der Waals surface area contributed by atoms with Gasteiger partial charge in [0.05, 0.1) is 6.61 Å². The number of amides is 1. The van der Waals surface area contributed by atoms with Gasteiger partial charge in [-0.25, -0.2) is 0 Å². The van der Waals surface area contributed by atoms with E-state index < -0.39 is 5.97 Å². The highest BCUT2D eigenvalue weighted by Crippen LogP contribution is 2.01. The Balaban J connectivity index is 2.10. The van der Waals surface area contributed by atoms with Crippen molar-refractivity contribution in [1.82, 2.24) is 4.90 Å². The highest BCUT2D eigenvalue weighted by atomic mass is 16.5. The van der Waals surface area contributed by atoms with Crippen molar-refractivity contribution in [1.29, 1.82) is 0 Å². The first-order valence-corrected chi connectivity index (χ1v) is 7.24. The van der Waals surface area contributed by atoms with Crippen molar-refractivity contribution >= 4 is 11.9 Å². The maximum atomic E-state index is 11.8. The second-order valence-electron chi connectivity index (χ2n) is 4.75. The lowest BCUT2D eigenvalue weighted by Gasteiger charge is -2.18. The number of likely N-dealkylation sites (N-methyl/N-ethyl adjacent to an activating group) is 1. The highest BCUT2D eigenvalue weighted by Gasteiger charge is 2.13. The number of aliphatic carboxylic acids is 1. The van der Waals surface area contributed by atoms with E-state index in [-0.39, 0.29) is 12.5 Å². The van der Waals surface area contributed by atoms with E-state index in [1.54, 1.807) is 6.92 Å². The summed E-state index contributed by atoms with van der Waals surface area (Å²) in [6.45, 7) is 3.11. The van der Waals surface area contributed by atoms with Gasteiger partial charge in [-0.15, -0.1) is 0 Å². The maximum absolute atomic E-state index is 11.8. The van der Waals surface area contributed by atoms with Gasteiger partial charge in [-0.3, -0.25) is 9.59 Å². The monoisotopic (exact) mass is 293 g/mol. The van der Waals surface area contributed by atoms with E-state index >= 15 is 0 Å². The Kier molecular flexibility index (Phi) is 8.12. The summed E-state index contributed by atoms with van der Waals surface area (Å²) in [6.07, 6.45) is 1.80. The molecule has 1 rings (SSSR count). The average Bonchev–Trinajstić information content (AvgIpc) is 2.49. The van der Waals surface area contributed by atoms with Crippen molar-refractivity contribution in [2.75, 3.05) is 26.3 Å². The molecule has 116 valence electrons. The Bertz CT molecular complexity index is 433. The second kappa shape index (κ2) is 9.94. The second-order valence-corrected chi connectivity index (χ2v) is 4.75. The molecule has 0 aliphatic carbocycles. The zero-order valence-electron chi connectivity index (χ0n) is 12.5. The molecule has 0 aromatic heterocycles. The molecular weight excluding hydrogens is 270 g/mol. The molecule has 1 amide bonds. The molecular formula is C16H23NO4. The van der Waals surface area contributed by atoms with Crippen molar-refractivity contribution in [3.63, 3.8) is 0 Å². The molecule has 5 nitrogen and oxygen atoms in total. The lowest BCUT2D eigenvalue weighted by Crippen LogP contribution is -2.35. The first-order chi connectivity index (χ1) is 10.1. The predicted molar refractivity (Wildman–Crippen MR) is 80.1 cm³/mol. The Morgan fingerprint density at radius 3 is 2.52 bits per heavy atom. The third-order valence-electron chi connectivity index (χ3n) is 3.12. The largest absolute Gasteiger partial charge is 0.480 e. The van der Waals surface area contributed by atoms with Crippen LogP contribution in [0.3, 0.4) is 0 Å². The van der Waals surface area contributed by atoms with Gasteiger partial charge in [-0.2, -0.15) is 0 Å². The number of hydrogen-bond acceptors (Lipinski definition) is 3. The van der Waals surface area contributed by atoms with E-state index in [2.05, 4.69) is 12.1 Å². The molecule has 0 atom stereocenters. The molecule has 0 saturated carbocycles. The van der Waals surface area contributed by atoms with Gasteiger partial charge >= 0.3 is 5.97 Å². The number of rotatable bonds is 10. The van der Waals surface area contributed by atoms with E-state index in [0.717, 1.165) is 6.42 Å². The molecule has 1 aromatic carbocycles. The quantitative estimate of drug-likeness (QED) is 0.670. The van der Waals surface area contributed by atoms with Crippen molar-refractivity contribution in [2.45, 2.75) is 26.2 Å². The summed E-state index contributed by atoms with van der Waals surface area (Å²) >= 11 is 0. The van der Waals surface area contributed by atoms with Crippen LogP contribution in [0.4, 0.5) is 0 Å². The summed E-state index contributed by atoms with van der Waals surface area (Å²) in [7, 11) is 0. The number of hydrogen-bond donors (Lipinski definition) is 1. The molecule has 1 aromatic rings. The molecule has 0 bridgehead atoms. The Morgan fingerprint density at radius 2 is 1.90 bits per heavy atom. The van der Waals surface area contributed by atoms with Crippen molar-refractivity contribution in [3.05, 3.63) is 35.9 Å². The van der Waals surface area contributed by atoms with Crippen LogP contribution in [0.15, 0.2) is 30.3 Å². The fourth-order valence-corrected chi connectivity index (χ4v) is 1.96. The smallest absolute Gasteiger partial charge is 0.323 e. The minimum Gasteiger partial charge on any atom is -0.480 e. The summed E-state index contributed by atoms with van der Waals surface area (Å²) in [5, 5.41) is 8.70. The van der Waals surface area contributed by atoms with Gasteiger partial charge in [0.25, 0.3) is 0 Å². The zero-order chi connectivity index (χ0) is 15.5. The third kappa shape index (κ3) is 7.46. The molecule has 0 fully saturated rings. The number of benzene rings is 1. The van der Waals surface area contributed by atoms with Crippen LogP contribution in [0.5, 0.6) is 0 Å². The minimum atomic E-state index is -0.982. The minimum absolute atomic E-state index is 0.133. The van der Waals surface area contributed by atoms with Crippen molar-refractivity contribution < 1.29 is 19.4 Å². The third-order valence-corrected chi connectivity index (χ3v) is 3.12. The van der Waals surface area contributed by atoms with Crippen LogP contribution in [0.2, 0.25) is 0 Å². The first-order valence-electron chi connectivity index (χ1n) is 7.24. The van der Waals surface area contributed by atoms with Gasteiger partial charge in [0.1, 0.15) is 6.54 Å². The summed E-state index contributed by atoms with van der Waals surface area (Å²) in [4.78, 5) is 23.7. The van der Waals surface area contributed by atoms with E-state index in [0.29, 0.717) is 32.6 Å². The number of nitrogens with zero attached hydrogens (tertiary/aromatic N) is 1. The first kappa shape index (κ1) is 17.2.